The maximum atomic E-state index is 12.5. The number of ether oxygens (including phenoxy) is 2. The molecule has 2 rings (SSSR count). The summed E-state index contributed by atoms with van der Waals surface area (Å²) >= 11 is 0. The SMILES string of the molecule is CCOC(=O)c1ccc(S(=O)(=O)Nc2ccccc2C(=O)OC)cc1. The van der Waals surface area contributed by atoms with Gasteiger partial charge in [0.1, 0.15) is 0 Å². The number of anilines is 1. The molecule has 0 saturated heterocycles. The zero-order valence-electron chi connectivity index (χ0n) is 13.7. The van der Waals surface area contributed by atoms with Gasteiger partial charge in [-0.15, -0.1) is 0 Å². The standard InChI is InChI=1S/C17H17NO6S/c1-3-24-16(19)12-8-10-13(11-9-12)25(21,22)18-15-7-5-4-6-14(15)17(20)23-2/h4-11,18H,3H2,1-2H3. The predicted octanol–water partition coefficient (Wildman–Crippen LogP) is 2.45. The highest BCUT2D eigenvalue weighted by Crippen LogP contribution is 2.21. The summed E-state index contributed by atoms with van der Waals surface area (Å²) in [5.41, 5.74) is 0.441. The first-order chi connectivity index (χ1) is 11.9. The molecule has 1 N–H and O–H groups in total. The largest absolute Gasteiger partial charge is 0.465 e. The second-order valence-corrected chi connectivity index (χ2v) is 6.57. The van der Waals surface area contributed by atoms with E-state index in [2.05, 4.69) is 9.46 Å². The highest BCUT2D eigenvalue weighted by atomic mass is 32.2. The summed E-state index contributed by atoms with van der Waals surface area (Å²) in [6.45, 7) is 1.91. The number of rotatable bonds is 6. The number of carbonyl (C=O) groups is 2. The van der Waals surface area contributed by atoms with Crippen LogP contribution in [0.5, 0.6) is 0 Å². The van der Waals surface area contributed by atoms with Crippen LogP contribution in [0.2, 0.25) is 0 Å². The van der Waals surface area contributed by atoms with E-state index < -0.39 is 22.0 Å². The van der Waals surface area contributed by atoms with E-state index >= 15 is 0 Å². The Morgan fingerprint density at radius 2 is 1.64 bits per heavy atom. The van der Waals surface area contributed by atoms with Crippen LogP contribution < -0.4 is 4.72 Å². The van der Waals surface area contributed by atoms with Crippen LogP contribution in [-0.2, 0) is 19.5 Å². The number of esters is 2. The van der Waals surface area contributed by atoms with Gasteiger partial charge in [0.15, 0.2) is 0 Å². The third kappa shape index (κ3) is 4.36. The molecule has 132 valence electrons. The van der Waals surface area contributed by atoms with Crippen molar-refractivity contribution in [3.8, 4) is 0 Å². The van der Waals surface area contributed by atoms with Gasteiger partial charge in [0, 0.05) is 0 Å². The minimum atomic E-state index is -3.94. The fourth-order valence-corrected chi connectivity index (χ4v) is 3.13. The van der Waals surface area contributed by atoms with Crippen molar-refractivity contribution in [3.63, 3.8) is 0 Å². The number of hydrogen-bond acceptors (Lipinski definition) is 6. The first kappa shape index (κ1) is 18.5. The van der Waals surface area contributed by atoms with Crippen LogP contribution in [0.3, 0.4) is 0 Å². The highest BCUT2D eigenvalue weighted by Gasteiger charge is 2.19. The molecule has 2 aromatic rings. The van der Waals surface area contributed by atoms with Gasteiger partial charge in [-0.25, -0.2) is 18.0 Å². The van der Waals surface area contributed by atoms with E-state index in [1.807, 2.05) is 0 Å². The van der Waals surface area contributed by atoms with E-state index in [0.717, 1.165) is 0 Å². The number of carbonyl (C=O) groups excluding carboxylic acids is 2. The molecule has 0 aliphatic heterocycles. The van der Waals surface area contributed by atoms with Gasteiger partial charge in [-0.1, -0.05) is 12.1 Å². The molecule has 2 aromatic carbocycles. The van der Waals surface area contributed by atoms with Crippen molar-refractivity contribution in [1.29, 1.82) is 0 Å². The lowest BCUT2D eigenvalue weighted by atomic mass is 10.2. The van der Waals surface area contributed by atoms with Crippen LogP contribution >= 0.6 is 0 Å². The Kier molecular flexibility index (Phi) is 5.76. The van der Waals surface area contributed by atoms with Gasteiger partial charge in [-0.3, -0.25) is 4.72 Å². The fraction of sp³-hybridized carbons (Fsp3) is 0.176. The van der Waals surface area contributed by atoms with E-state index in [1.54, 1.807) is 19.1 Å². The Labute approximate surface area is 145 Å². The van der Waals surface area contributed by atoms with Gasteiger partial charge < -0.3 is 9.47 Å². The molecule has 0 unspecified atom stereocenters. The summed E-state index contributed by atoms with van der Waals surface area (Å²) < 4.78 is 36.8. The highest BCUT2D eigenvalue weighted by molar-refractivity contribution is 7.92. The van der Waals surface area contributed by atoms with Crippen LogP contribution in [0.25, 0.3) is 0 Å². The molecule has 0 aliphatic carbocycles. The van der Waals surface area contributed by atoms with Gasteiger partial charge in [0.05, 0.1) is 35.4 Å². The second-order valence-electron chi connectivity index (χ2n) is 4.89. The van der Waals surface area contributed by atoms with Crippen molar-refractivity contribution in [2.45, 2.75) is 11.8 Å². The number of methoxy groups -OCH3 is 1. The van der Waals surface area contributed by atoms with Crippen molar-refractivity contribution in [2.75, 3.05) is 18.4 Å². The maximum Gasteiger partial charge on any atom is 0.339 e. The smallest absolute Gasteiger partial charge is 0.339 e. The molecule has 0 bridgehead atoms. The average molecular weight is 363 g/mol. The molecule has 0 amide bonds. The van der Waals surface area contributed by atoms with Crippen LogP contribution in [0, 0.1) is 0 Å². The Morgan fingerprint density at radius 1 is 1.00 bits per heavy atom. The number of nitrogens with one attached hydrogen (secondary N) is 1. The Balaban J connectivity index is 2.28. The topological polar surface area (TPSA) is 98.8 Å². The number of hydrogen-bond donors (Lipinski definition) is 1. The first-order valence-corrected chi connectivity index (χ1v) is 8.84. The molecule has 25 heavy (non-hydrogen) atoms. The second kappa shape index (κ2) is 7.80. The summed E-state index contributed by atoms with van der Waals surface area (Å²) in [6.07, 6.45) is 0. The van der Waals surface area contributed by atoms with Crippen molar-refractivity contribution in [1.82, 2.24) is 0 Å². The zero-order chi connectivity index (χ0) is 18.4. The lowest BCUT2D eigenvalue weighted by Gasteiger charge is -2.11. The molecular formula is C17H17NO6S. The maximum absolute atomic E-state index is 12.5. The van der Waals surface area contributed by atoms with Crippen LogP contribution in [-0.4, -0.2) is 34.1 Å². The zero-order valence-corrected chi connectivity index (χ0v) is 14.5. The molecule has 0 saturated carbocycles. The van der Waals surface area contributed by atoms with Gasteiger partial charge in [-0.05, 0) is 43.3 Å². The number of sulfonamides is 1. The summed E-state index contributed by atoms with van der Waals surface area (Å²) in [7, 11) is -2.73. The molecular weight excluding hydrogens is 346 g/mol. The lowest BCUT2D eigenvalue weighted by Crippen LogP contribution is -2.16. The minimum Gasteiger partial charge on any atom is -0.465 e. The summed E-state index contributed by atoms with van der Waals surface area (Å²) in [4.78, 5) is 23.3. The molecule has 0 radical (unpaired) electrons. The van der Waals surface area contributed by atoms with E-state index in [0.29, 0.717) is 0 Å². The molecule has 8 heteroatoms. The van der Waals surface area contributed by atoms with Crippen molar-refractivity contribution in [3.05, 3.63) is 59.7 Å². The third-order valence-corrected chi connectivity index (χ3v) is 4.63. The summed E-state index contributed by atoms with van der Waals surface area (Å²) in [6, 6.07) is 11.4. The quantitative estimate of drug-likeness (QED) is 0.792. The van der Waals surface area contributed by atoms with E-state index in [4.69, 9.17) is 4.74 Å². The fourth-order valence-electron chi connectivity index (χ4n) is 2.05. The monoisotopic (exact) mass is 363 g/mol. The Morgan fingerprint density at radius 3 is 2.24 bits per heavy atom. The Hall–Kier alpha value is -2.87. The molecule has 0 aromatic heterocycles. The number of para-hydroxylation sites is 1. The molecule has 7 nitrogen and oxygen atoms in total. The summed E-state index contributed by atoms with van der Waals surface area (Å²) in [5.74, 6) is -1.19. The number of benzene rings is 2. The molecule has 0 atom stereocenters. The third-order valence-electron chi connectivity index (χ3n) is 3.25. The van der Waals surface area contributed by atoms with Crippen LogP contribution in [0.4, 0.5) is 5.69 Å². The first-order valence-electron chi connectivity index (χ1n) is 7.36. The van der Waals surface area contributed by atoms with Gasteiger partial charge >= 0.3 is 11.9 Å². The lowest BCUT2D eigenvalue weighted by molar-refractivity contribution is 0.0525. The molecule has 0 spiro atoms. The minimum absolute atomic E-state index is 0.0554. The molecule has 0 fully saturated rings. The van der Waals surface area contributed by atoms with E-state index in [1.165, 1.54) is 43.5 Å². The normalized spacial score (nSPS) is 10.8. The average Bonchev–Trinajstić information content (AvgIpc) is 2.61. The Bertz CT molecular complexity index is 874. The van der Waals surface area contributed by atoms with Crippen molar-refractivity contribution >= 4 is 27.6 Å². The predicted molar refractivity (Wildman–Crippen MR) is 91.0 cm³/mol. The van der Waals surface area contributed by atoms with E-state index in [-0.39, 0.29) is 28.3 Å². The van der Waals surface area contributed by atoms with Crippen LogP contribution in [0.1, 0.15) is 27.6 Å². The van der Waals surface area contributed by atoms with Gasteiger partial charge in [0.2, 0.25) is 0 Å². The van der Waals surface area contributed by atoms with Gasteiger partial charge in [-0.2, -0.15) is 0 Å². The van der Waals surface area contributed by atoms with Crippen molar-refractivity contribution in [2.24, 2.45) is 0 Å². The van der Waals surface area contributed by atoms with Crippen molar-refractivity contribution < 1.29 is 27.5 Å². The summed E-state index contributed by atoms with van der Waals surface area (Å²) in [5, 5.41) is 0. The molecule has 0 aliphatic rings. The van der Waals surface area contributed by atoms with Gasteiger partial charge in [0.25, 0.3) is 10.0 Å². The van der Waals surface area contributed by atoms with E-state index in [9.17, 15) is 18.0 Å². The van der Waals surface area contributed by atoms with Crippen LogP contribution in [0.15, 0.2) is 53.4 Å². The molecule has 0 heterocycles.